The average molecular weight is 468 g/mol. The molecule has 2 aromatic carbocycles. The molecule has 0 unspecified atom stereocenters. The number of hydrazone groups is 1. The number of carbonyl (C=O) groups is 1. The third-order valence-electron chi connectivity index (χ3n) is 5.47. The molecule has 0 saturated heterocycles. The van der Waals surface area contributed by atoms with E-state index in [0.717, 1.165) is 19.3 Å². The van der Waals surface area contributed by atoms with Crippen LogP contribution >= 0.6 is 11.3 Å². The number of amides is 1. The van der Waals surface area contributed by atoms with Gasteiger partial charge in [-0.3, -0.25) is 9.52 Å². The van der Waals surface area contributed by atoms with Gasteiger partial charge in [-0.2, -0.15) is 5.10 Å². The molecule has 2 N–H and O–H groups in total. The number of anilines is 1. The fraction of sp³-hybridized carbons (Fsp3) is 0.250. The van der Waals surface area contributed by atoms with Crippen LogP contribution in [0.25, 0.3) is 0 Å². The van der Waals surface area contributed by atoms with E-state index < -0.39 is 10.0 Å². The van der Waals surface area contributed by atoms with Crippen molar-refractivity contribution in [3.05, 3.63) is 81.5 Å². The number of benzene rings is 2. The Labute approximate surface area is 192 Å². The van der Waals surface area contributed by atoms with Crippen molar-refractivity contribution in [2.45, 2.75) is 38.0 Å². The van der Waals surface area contributed by atoms with Crippen LogP contribution in [0.4, 0.5) is 5.69 Å². The second-order valence-corrected chi connectivity index (χ2v) is 10.9. The minimum Gasteiger partial charge on any atom is -0.280 e. The Morgan fingerprint density at radius 2 is 1.88 bits per heavy atom. The van der Waals surface area contributed by atoms with Crippen LogP contribution in [0, 0.1) is 5.92 Å². The van der Waals surface area contributed by atoms with Crippen LogP contribution in [0.3, 0.4) is 0 Å². The number of fused-ring (bicyclic) bond motifs is 1. The standard InChI is InChI=1S/C24H25N3O3S2/c1-16-11-12-19-15-23(31-22(19)13-16)24(28)26-25-17(2)18-7-6-8-20(14-18)27-32(29,30)21-9-4-3-5-10-21/h3-10,14-16,27H,11-13H2,1-2H3,(H,26,28)/b25-17+/t16-/m1/s1. The lowest BCUT2D eigenvalue weighted by Crippen LogP contribution is -2.18. The molecule has 166 valence electrons. The zero-order chi connectivity index (χ0) is 22.7. The third kappa shape index (κ3) is 5.08. The Morgan fingerprint density at radius 3 is 2.66 bits per heavy atom. The molecule has 1 atom stereocenters. The van der Waals surface area contributed by atoms with E-state index in [-0.39, 0.29) is 10.8 Å². The molecule has 4 rings (SSSR count). The SMILES string of the molecule is C/C(=N\NC(=O)c1cc2c(s1)C[C@H](C)CC2)c1cccc(NS(=O)(=O)c2ccccc2)c1. The number of carbonyl (C=O) groups excluding carboxylic acids is 1. The number of rotatable bonds is 6. The smallest absolute Gasteiger partial charge is 0.280 e. The molecule has 0 radical (unpaired) electrons. The summed E-state index contributed by atoms with van der Waals surface area (Å²) in [5, 5.41) is 4.23. The molecule has 32 heavy (non-hydrogen) atoms. The van der Waals surface area contributed by atoms with Gasteiger partial charge in [0.1, 0.15) is 0 Å². The van der Waals surface area contributed by atoms with Gasteiger partial charge in [-0.05, 0) is 73.6 Å². The molecule has 8 heteroatoms. The molecule has 0 saturated carbocycles. The van der Waals surface area contributed by atoms with Crippen LogP contribution in [-0.2, 0) is 22.9 Å². The van der Waals surface area contributed by atoms with Gasteiger partial charge in [0.25, 0.3) is 15.9 Å². The van der Waals surface area contributed by atoms with Gasteiger partial charge in [0.15, 0.2) is 0 Å². The van der Waals surface area contributed by atoms with E-state index in [4.69, 9.17) is 0 Å². The topological polar surface area (TPSA) is 87.6 Å². The highest BCUT2D eigenvalue weighted by molar-refractivity contribution is 7.92. The fourth-order valence-corrected chi connectivity index (χ4v) is 5.99. The molecule has 1 aliphatic rings. The summed E-state index contributed by atoms with van der Waals surface area (Å²) in [5.41, 5.74) is 5.61. The second kappa shape index (κ2) is 9.26. The summed E-state index contributed by atoms with van der Waals surface area (Å²) >= 11 is 1.54. The predicted molar refractivity (Wildman–Crippen MR) is 129 cm³/mol. The lowest BCUT2D eigenvalue weighted by atomic mass is 9.90. The molecule has 6 nitrogen and oxygen atoms in total. The van der Waals surface area contributed by atoms with Crippen molar-refractivity contribution in [1.29, 1.82) is 0 Å². The van der Waals surface area contributed by atoms with Crippen LogP contribution in [0.1, 0.15) is 45.9 Å². The molecule has 1 heterocycles. The van der Waals surface area contributed by atoms with Crippen molar-refractivity contribution >= 4 is 38.7 Å². The molecule has 0 bridgehead atoms. The van der Waals surface area contributed by atoms with Gasteiger partial charge in [0.2, 0.25) is 0 Å². The number of nitrogens with one attached hydrogen (secondary N) is 2. The molecule has 1 amide bonds. The van der Waals surface area contributed by atoms with Crippen molar-refractivity contribution < 1.29 is 13.2 Å². The van der Waals surface area contributed by atoms with E-state index in [9.17, 15) is 13.2 Å². The average Bonchev–Trinajstić information content (AvgIpc) is 3.21. The number of hydrogen-bond donors (Lipinski definition) is 2. The summed E-state index contributed by atoms with van der Waals surface area (Å²) in [6.45, 7) is 4.01. The Bertz CT molecular complexity index is 1260. The molecular formula is C24H25N3O3S2. The second-order valence-electron chi connectivity index (χ2n) is 8.04. The van der Waals surface area contributed by atoms with Crippen molar-refractivity contribution in [1.82, 2.24) is 5.43 Å². The van der Waals surface area contributed by atoms with Gasteiger partial charge in [0.05, 0.1) is 15.5 Å². The number of thiophene rings is 1. The van der Waals surface area contributed by atoms with Gasteiger partial charge in [-0.15, -0.1) is 11.3 Å². The van der Waals surface area contributed by atoms with E-state index in [2.05, 4.69) is 22.2 Å². The molecule has 0 fully saturated rings. The van der Waals surface area contributed by atoms with Crippen LogP contribution in [0.15, 0.2) is 70.7 Å². The van der Waals surface area contributed by atoms with Gasteiger partial charge in [-0.1, -0.05) is 37.3 Å². The minimum atomic E-state index is -3.68. The van der Waals surface area contributed by atoms with Gasteiger partial charge in [0, 0.05) is 10.6 Å². The first-order chi connectivity index (χ1) is 15.3. The molecule has 3 aromatic rings. The normalized spacial score (nSPS) is 16.3. The van der Waals surface area contributed by atoms with E-state index in [1.807, 2.05) is 12.1 Å². The maximum absolute atomic E-state index is 12.6. The highest BCUT2D eigenvalue weighted by atomic mass is 32.2. The molecule has 0 aliphatic heterocycles. The van der Waals surface area contributed by atoms with Crippen molar-refractivity contribution in [2.24, 2.45) is 11.0 Å². The van der Waals surface area contributed by atoms with E-state index in [1.165, 1.54) is 22.6 Å². The molecular weight excluding hydrogens is 442 g/mol. The van der Waals surface area contributed by atoms with Crippen LogP contribution in [0.5, 0.6) is 0 Å². The van der Waals surface area contributed by atoms with E-state index in [0.29, 0.717) is 27.8 Å². The Hall–Kier alpha value is -2.97. The number of nitrogens with zero attached hydrogens (tertiary/aromatic N) is 1. The summed E-state index contributed by atoms with van der Waals surface area (Å²) in [7, 11) is -3.68. The number of aryl methyl sites for hydroxylation is 1. The van der Waals surface area contributed by atoms with E-state index >= 15 is 0 Å². The van der Waals surface area contributed by atoms with E-state index in [1.54, 1.807) is 54.7 Å². The maximum atomic E-state index is 12.6. The summed E-state index contributed by atoms with van der Waals surface area (Å²) in [6.07, 6.45) is 3.21. The van der Waals surface area contributed by atoms with Gasteiger partial charge < -0.3 is 0 Å². The first kappa shape index (κ1) is 22.2. The maximum Gasteiger partial charge on any atom is 0.281 e. The zero-order valence-corrected chi connectivity index (χ0v) is 19.6. The summed E-state index contributed by atoms with van der Waals surface area (Å²) in [4.78, 5) is 14.8. The summed E-state index contributed by atoms with van der Waals surface area (Å²) < 4.78 is 27.7. The van der Waals surface area contributed by atoms with Crippen molar-refractivity contribution in [2.75, 3.05) is 4.72 Å². The molecule has 1 aromatic heterocycles. The highest BCUT2D eigenvalue weighted by Gasteiger charge is 2.20. The summed E-state index contributed by atoms with van der Waals surface area (Å²) in [5.74, 6) is 0.432. The lowest BCUT2D eigenvalue weighted by Gasteiger charge is -2.16. The Balaban J connectivity index is 1.45. The number of sulfonamides is 1. The monoisotopic (exact) mass is 467 g/mol. The first-order valence-corrected chi connectivity index (χ1v) is 12.8. The van der Waals surface area contributed by atoms with Crippen LogP contribution in [-0.4, -0.2) is 20.0 Å². The highest BCUT2D eigenvalue weighted by Crippen LogP contribution is 2.32. The van der Waals surface area contributed by atoms with Crippen LogP contribution < -0.4 is 10.1 Å². The first-order valence-electron chi connectivity index (χ1n) is 10.5. The summed E-state index contributed by atoms with van der Waals surface area (Å²) in [6, 6.07) is 17.1. The number of hydrogen-bond acceptors (Lipinski definition) is 5. The van der Waals surface area contributed by atoms with Gasteiger partial charge >= 0.3 is 0 Å². The minimum absolute atomic E-state index is 0.191. The van der Waals surface area contributed by atoms with Crippen molar-refractivity contribution in [3.63, 3.8) is 0 Å². The quantitative estimate of drug-likeness (QED) is 0.402. The molecule has 1 aliphatic carbocycles. The predicted octanol–water partition coefficient (Wildman–Crippen LogP) is 4.83. The third-order valence-corrected chi connectivity index (χ3v) is 8.07. The lowest BCUT2D eigenvalue weighted by molar-refractivity contribution is 0.0959. The Morgan fingerprint density at radius 1 is 1.09 bits per heavy atom. The largest absolute Gasteiger partial charge is 0.281 e. The fourth-order valence-electron chi connectivity index (χ4n) is 3.66. The molecule has 0 spiro atoms. The van der Waals surface area contributed by atoms with Gasteiger partial charge in [-0.25, -0.2) is 13.8 Å². The van der Waals surface area contributed by atoms with Crippen LogP contribution in [0.2, 0.25) is 0 Å². The van der Waals surface area contributed by atoms with Crippen molar-refractivity contribution in [3.8, 4) is 0 Å². The zero-order valence-electron chi connectivity index (χ0n) is 18.0. The Kier molecular flexibility index (Phi) is 6.43.